The second kappa shape index (κ2) is 8.85. The van der Waals surface area contributed by atoms with Crippen molar-refractivity contribution in [2.24, 2.45) is 0 Å². The number of pyridine rings is 1. The zero-order valence-corrected chi connectivity index (χ0v) is 17.6. The van der Waals surface area contributed by atoms with Crippen molar-refractivity contribution in [3.05, 3.63) is 64.6 Å². The summed E-state index contributed by atoms with van der Waals surface area (Å²) in [5, 5.41) is 7.52. The fourth-order valence-electron chi connectivity index (χ4n) is 3.39. The number of nitrogens with zero attached hydrogens (tertiary/aromatic N) is 3. The lowest BCUT2D eigenvalue weighted by Crippen LogP contribution is -2.17. The summed E-state index contributed by atoms with van der Waals surface area (Å²) in [4.78, 5) is 17.3. The Hall–Kier alpha value is -2.90. The van der Waals surface area contributed by atoms with E-state index in [9.17, 15) is 4.79 Å². The molecule has 3 aromatic rings. The first-order valence-electron chi connectivity index (χ1n) is 9.85. The SMILES string of the molecule is Cc1cc(C)n(-c2ccc(Cl)c(C(=O)Nc3cccc(OCC4CCCO4)c3)n2)n1. The lowest BCUT2D eigenvalue weighted by atomic mass is 10.2. The molecule has 0 bridgehead atoms. The molecule has 1 aliphatic heterocycles. The van der Waals surface area contributed by atoms with Gasteiger partial charge in [-0.1, -0.05) is 17.7 Å². The highest BCUT2D eigenvalue weighted by atomic mass is 35.5. The van der Waals surface area contributed by atoms with Gasteiger partial charge in [-0.3, -0.25) is 4.79 Å². The standard InChI is InChI=1S/C22H23ClN4O3/c1-14-11-15(2)27(26-14)20-9-8-19(23)21(25-20)22(28)24-16-5-3-6-17(12-16)30-13-18-7-4-10-29-18/h3,5-6,8-9,11-12,18H,4,7,10,13H2,1-2H3,(H,24,28). The van der Waals surface area contributed by atoms with E-state index in [2.05, 4.69) is 15.4 Å². The first-order valence-corrected chi connectivity index (χ1v) is 10.2. The van der Waals surface area contributed by atoms with Crippen LogP contribution in [0.5, 0.6) is 5.75 Å². The van der Waals surface area contributed by atoms with Crippen molar-refractivity contribution in [1.29, 1.82) is 0 Å². The predicted molar refractivity (Wildman–Crippen MR) is 115 cm³/mol. The van der Waals surface area contributed by atoms with E-state index < -0.39 is 5.91 Å². The van der Waals surface area contributed by atoms with Crippen LogP contribution in [0, 0.1) is 13.8 Å². The van der Waals surface area contributed by atoms with Crippen LogP contribution in [0.2, 0.25) is 5.02 Å². The van der Waals surface area contributed by atoms with E-state index in [-0.39, 0.29) is 16.8 Å². The van der Waals surface area contributed by atoms with Crippen molar-refractivity contribution in [3.63, 3.8) is 0 Å². The predicted octanol–water partition coefficient (Wildman–Crippen LogP) is 4.35. The van der Waals surface area contributed by atoms with Gasteiger partial charge in [0.1, 0.15) is 18.1 Å². The van der Waals surface area contributed by atoms with Crippen molar-refractivity contribution < 1.29 is 14.3 Å². The average Bonchev–Trinajstić information content (AvgIpc) is 3.36. The van der Waals surface area contributed by atoms with E-state index >= 15 is 0 Å². The molecule has 7 nitrogen and oxygen atoms in total. The molecular formula is C22H23ClN4O3. The van der Waals surface area contributed by atoms with Crippen molar-refractivity contribution in [2.45, 2.75) is 32.8 Å². The highest BCUT2D eigenvalue weighted by Crippen LogP contribution is 2.22. The number of rotatable bonds is 6. The number of aryl methyl sites for hydroxylation is 2. The van der Waals surface area contributed by atoms with Crippen LogP contribution in [0.4, 0.5) is 5.69 Å². The number of ether oxygens (including phenoxy) is 2. The number of carbonyl (C=O) groups excluding carboxylic acids is 1. The fourth-order valence-corrected chi connectivity index (χ4v) is 3.58. The quantitative estimate of drug-likeness (QED) is 0.634. The Morgan fingerprint density at radius 1 is 1.30 bits per heavy atom. The molecule has 0 radical (unpaired) electrons. The largest absolute Gasteiger partial charge is 0.491 e. The highest BCUT2D eigenvalue weighted by molar-refractivity contribution is 6.34. The molecule has 3 heterocycles. The van der Waals surface area contributed by atoms with E-state index in [4.69, 9.17) is 21.1 Å². The average molecular weight is 427 g/mol. The molecule has 1 amide bonds. The molecule has 0 saturated carbocycles. The minimum Gasteiger partial charge on any atom is -0.491 e. The molecule has 1 saturated heterocycles. The summed E-state index contributed by atoms with van der Waals surface area (Å²) in [5.74, 6) is 0.794. The maximum Gasteiger partial charge on any atom is 0.275 e. The molecule has 30 heavy (non-hydrogen) atoms. The molecule has 2 aromatic heterocycles. The molecule has 0 aliphatic carbocycles. The number of benzene rings is 1. The summed E-state index contributed by atoms with van der Waals surface area (Å²) in [7, 11) is 0. The second-order valence-corrected chi connectivity index (χ2v) is 7.67. The van der Waals surface area contributed by atoms with Crippen LogP contribution in [0.1, 0.15) is 34.7 Å². The number of carbonyl (C=O) groups is 1. The van der Waals surface area contributed by atoms with E-state index in [1.54, 1.807) is 28.9 Å². The van der Waals surface area contributed by atoms with Gasteiger partial charge >= 0.3 is 0 Å². The summed E-state index contributed by atoms with van der Waals surface area (Å²) in [6, 6.07) is 12.6. The Morgan fingerprint density at radius 3 is 2.90 bits per heavy atom. The van der Waals surface area contributed by atoms with Crippen molar-refractivity contribution in [3.8, 4) is 11.6 Å². The maximum absolute atomic E-state index is 12.8. The van der Waals surface area contributed by atoms with Crippen molar-refractivity contribution >= 4 is 23.2 Å². The van der Waals surface area contributed by atoms with Crippen LogP contribution >= 0.6 is 11.6 Å². The van der Waals surface area contributed by atoms with E-state index in [0.29, 0.717) is 23.9 Å². The zero-order chi connectivity index (χ0) is 21.1. The molecule has 1 fully saturated rings. The van der Waals surface area contributed by atoms with Crippen LogP contribution in [0.3, 0.4) is 0 Å². The molecule has 1 N–H and O–H groups in total. The Labute approximate surface area is 180 Å². The third-order valence-corrected chi connectivity index (χ3v) is 5.13. The van der Waals surface area contributed by atoms with Gasteiger partial charge in [-0.15, -0.1) is 0 Å². The Morgan fingerprint density at radius 2 is 2.17 bits per heavy atom. The third-order valence-electron chi connectivity index (χ3n) is 4.82. The maximum atomic E-state index is 12.8. The number of hydrogen-bond donors (Lipinski definition) is 1. The fraction of sp³-hybridized carbons (Fsp3) is 0.318. The first-order chi connectivity index (χ1) is 14.5. The van der Waals surface area contributed by atoms with Crippen molar-refractivity contribution in [2.75, 3.05) is 18.5 Å². The third kappa shape index (κ3) is 4.63. The molecule has 8 heteroatoms. The van der Waals surface area contributed by atoms with Gasteiger partial charge in [-0.2, -0.15) is 5.10 Å². The summed E-state index contributed by atoms with van der Waals surface area (Å²) in [6.45, 7) is 5.11. The van der Waals surface area contributed by atoms with Gasteiger partial charge in [0.25, 0.3) is 5.91 Å². The highest BCUT2D eigenvalue weighted by Gasteiger charge is 2.17. The molecule has 1 atom stereocenters. The molecule has 1 aliphatic rings. The van der Waals surface area contributed by atoms with Gasteiger partial charge in [0.2, 0.25) is 0 Å². The monoisotopic (exact) mass is 426 g/mol. The van der Waals surface area contributed by atoms with Crippen LogP contribution in [0.25, 0.3) is 5.82 Å². The van der Waals surface area contributed by atoms with Gasteiger partial charge in [-0.05, 0) is 57.0 Å². The number of halogens is 1. The lowest BCUT2D eigenvalue weighted by molar-refractivity contribution is 0.0680. The van der Waals surface area contributed by atoms with Crippen LogP contribution in [0.15, 0.2) is 42.5 Å². The molecule has 156 valence electrons. The molecule has 1 aromatic carbocycles. The summed E-state index contributed by atoms with van der Waals surface area (Å²) in [5.41, 5.74) is 2.52. The summed E-state index contributed by atoms with van der Waals surface area (Å²) < 4.78 is 13.1. The zero-order valence-electron chi connectivity index (χ0n) is 16.9. The molecular weight excluding hydrogens is 404 g/mol. The van der Waals surface area contributed by atoms with Gasteiger partial charge in [0.05, 0.1) is 16.8 Å². The summed E-state index contributed by atoms with van der Waals surface area (Å²) in [6.07, 6.45) is 2.20. The van der Waals surface area contributed by atoms with Gasteiger partial charge in [0.15, 0.2) is 5.82 Å². The number of hydrogen-bond acceptors (Lipinski definition) is 5. The normalized spacial score (nSPS) is 15.9. The first kappa shape index (κ1) is 20.4. The van der Waals surface area contributed by atoms with Crippen LogP contribution in [-0.4, -0.2) is 40.0 Å². The van der Waals surface area contributed by atoms with Crippen LogP contribution < -0.4 is 10.1 Å². The topological polar surface area (TPSA) is 78.3 Å². The molecule has 4 rings (SSSR count). The van der Waals surface area contributed by atoms with Crippen LogP contribution in [-0.2, 0) is 4.74 Å². The van der Waals surface area contributed by atoms with Crippen molar-refractivity contribution in [1.82, 2.24) is 14.8 Å². The van der Waals surface area contributed by atoms with Gasteiger partial charge in [0, 0.05) is 24.1 Å². The summed E-state index contributed by atoms with van der Waals surface area (Å²) >= 11 is 6.25. The number of nitrogens with one attached hydrogen (secondary N) is 1. The van der Waals surface area contributed by atoms with E-state index in [1.807, 2.05) is 32.0 Å². The molecule has 0 spiro atoms. The number of amides is 1. The number of aromatic nitrogens is 3. The van der Waals surface area contributed by atoms with E-state index in [1.165, 1.54) is 0 Å². The Kier molecular flexibility index (Phi) is 6.01. The Balaban J connectivity index is 1.49. The van der Waals surface area contributed by atoms with Gasteiger partial charge < -0.3 is 14.8 Å². The molecule has 1 unspecified atom stereocenters. The Bertz CT molecular complexity index is 1060. The number of anilines is 1. The van der Waals surface area contributed by atoms with Gasteiger partial charge in [-0.25, -0.2) is 9.67 Å². The van der Waals surface area contributed by atoms with E-state index in [0.717, 1.165) is 30.8 Å². The smallest absolute Gasteiger partial charge is 0.275 e. The second-order valence-electron chi connectivity index (χ2n) is 7.27. The lowest BCUT2D eigenvalue weighted by Gasteiger charge is -2.13. The minimum absolute atomic E-state index is 0.128. The minimum atomic E-state index is -0.403.